The van der Waals surface area contributed by atoms with Crippen LogP contribution < -0.4 is 9.47 Å². The van der Waals surface area contributed by atoms with Crippen molar-refractivity contribution in [2.45, 2.75) is 101 Å². The molecule has 4 rings (SSSR count). The van der Waals surface area contributed by atoms with Crippen molar-refractivity contribution >= 4 is 46.7 Å². The Kier molecular flexibility index (Phi) is 9.67. The van der Waals surface area contributed by atoms with Crippen molar-refractivity contribution in [2.75, 3.05) is 6.56 Å². The molecule has 2 aliphatic heterocycles. The van der Waals surface area contributed by atoms with Crippen LogP contribution in [0.3, 0.4) is 0 Å². The molecule has 0 unspecified atom stereocenters. The van der Waals surface area contributed by atoms with Crippen molar-refractivity contribution in [2.24, 2.45) is 0 Å². The van der Waals surface area contributed by atoms with Gasteiger partial charge in [-0.05, 0) is 56.5 Å². The Balaban J connectivity index is 1.47. The molecule has 0 radical (unpaired) electrons. The quantitative estimate of drug-likeness (QED) is 0.165. The number of Topliss-reactive ketones (excluding diaryl/α,β-unsaturated/α-hetero) is 2. The van der Waals surface area contributed by atoms with Crippen LogP contribution in [0.5, 0.6) is 11.5 Å². The van der Waals surface area contributed by atoms with E-state index in [9.17, 15) is 9.59 Å². The van der Waals surface area contributed by atoms with Gasteiger partial charge in [0, 0.05) is 20.9 Å². The fraction of sp³-hybridized carbons (Fsp3) is 0.484. The number of carbonyl (C=O) groups is 2. The van der Waals surface area contributed by atoms with Gasteiger partial charge in [0.2, 0.25) is 11.6 Å². The maximum absolute atomic E-state index is 13.4. The van der Waals surface area contributed by atoms with Gasteiger partial charge in [-0.25, -0.2) is 0 Å². The summed E-state index contributed by atoms with van der Waals surface area (Å²) in [6, 6.07) is 8.42. The number of carbonyl (C=O) groups excluding carboxylic acids is 2. The highest BCUT2D eigenvalue weighted by Gasteiger charge is 2.37. The Labute approximate surface area is 243 Å². The van der Waals surface area contributed by atoms with Crippen molar-refractivity contribution < 1.29 is 21.8 Å². The number of fused-ring (bicyclic) bond motifs is 2. The van der Waals surface area contributed by atoms with Crippen LogP contribution in [-0.2, 0) is 0 Å². The number of benzene rings is 2. The van der Waals surface area contributed by atoms with Gasteiger partial charge in [-0.3, -0.25) is 9.59 Å². The minimum Gasteiger partial charge on any atom is -0.494 e. The average molecular weight is 575 g/mol. The Morgan fingerprint density at radius 1 is 0.842 bits per heavy atom. The predicted octanol–water partition coefficient (Wildman–Crippen LogP) is 9.92. The van der Waals surface area contributed by atoms with Gasteiger partial charge in [0.1, 0.15) is 11.5 Å². The molecule has 1 atom stereocenters. The number of unbranched alkanes of at least 4 members (excludes halogenated alkanes) is 6. The normalized spacial score (nSPS) is 18.2. The first-order valence-corrected chi connectivity index (χ1v) is 15.7. The Morgan fingerprint density at radius 3 is 2.18 bits per heavy atom. The maximum atomic E-state index is 13.4. The molecule has 0 bridgehead atoms. The molecular weight excluding hydrogens is 536 g/mol. The lowest BCUT2D eigenvalue weighted by Gasteiger charge is -2.16. The molecular formula is C31H37ClO4S2. The monoisotopic (exact) mass is 574 g/mol. The first kappa shape index (κ1) is 26.3. The first-order chi connectivity index (χ1) is 19.1. The number of ketones is 2. The smallest absolute Gasteiger partial charge is 0.202 e. The van der Waals surface area contributed by atoms with E-state index in [1.165, 1.54) is 42.8 Å². The summed E-state index contributed by atoms with van der Waals surface area (Å²) in [4.78, 5) is 28.8. The molecule has 2 heterocycles. The van der Waals surface area contributed by atoms with Crippen LogP contribution in [0.2, 0.25) is 5.02 Å². The van der Waals surface area contributed by atoms with Crippen LogP contribution in [-0.4, -0.2) is 24.2 Å². The van der Waals surface area contributed by atoms with Crippen LogP contribution >= 0.6 is 35.1 Å². The molecule has 0 aromatic heterocycles. The van der Waals surface area contributed by atoms with Crippen molar-refractivity contribution in [3.8, 4) is 11.5 Å². The Hall–Kier alpha value is -1.89. The van der Waals surface area contributed by atoms with Crippen LogP contribution in [0.25, 0.3) is 0 Å². The number of halogens is 1. The topological polar surface area (TPSA) is 52.6 Å². The largest absolute Gasteiger partial charge is 0.494 e. The fourth-order valence-corrected chi connectivity index (χ4v) is 7.02. The van der Waals surface area contributed by atoms with Gasteiger partial charge < -0.3 is 9.47 Å². The third-order valence-electron chi connectivity index (χ3n) is 6.63. The molecule has 2 aromatic carbocycles. The van der Waals surface area contributed by atoms with E-state index >= 15 is 0 Å². The summed E-state index contributed by atoms with van der Waals surface area (Å²) in [6.07, 6.45) is 9.80. The summed E-state index contributed by atoms with van der Waals surface area (Å²) in [5, 5.41) is 0.388. The first-order valence-electron chi connectivity index (χ1n) is 14.7. The molecule has 0 saturated carbocycles. The molecule has 204 valence electrons. The van der Waals surface area contributed by atoms with Crippen LogP contribution in [0.4, 0.5) is 0 Å². The predicted molar refractivity (Wildman–Crippen MR) is 158 cm³/mol. The lowest BCUT2D eigenvalue weighted by molar-refractivity contribution is 0.101. The summed E-state index contributed by atoms with van der Waals surface area (Å²) >= 11 is 9.02. The van der Waals surface area contributed by atoms with E-state index in [1.807, 2.05) is 13.0 Å². The third kappa shape index (κ3) is 7.00. The summed E-state index contributed by atoms with van der Waals surface area (Å²) in [6.45, 7) is 4.55. The van der Waals surface area contributed by atoms with E-state index < -0.39 is 6.56 Å². The summed E-state index contributed by atoms with van der Waals surface area (Å²) in [5.41, 5.74) is 0.969. The maximum Gasteiger partial charge on any atom is 0.202 e. The van der Waals surface area contributed by atoms with E-state index in [0.29, 0.717) is 48.8 Å². The van der Waals surface area contributed by atoms with Crippen LogP contribution in [0.15, 0.2) is 49.9 Å². The molecule has 4 nitrogen and oxygen atoms in total. The van der Waals surface area contributed by atoms with Gasteiger partial charge in [0.25, 0.3) is 0 Å². The zero-order valence-electron chi connectivity index (χ0n) is 24.4. The Bertz CT molecular complexity index is 1290. The molecule has 0 fully saturated rings. The van der Waals surface area contributed by atoms with Gasteiger partial charge in [0.05, 0.1) is 30.2 Å². The molecule has 2 aromatic rings. The highest BCUT2D eigenvalue weighted by Crippen LogP contribution is 2.51. The number of hydrogen-bond donors (Lipinski definition) is 0. The van der Waals surface area contributed by atoms with Crippen molar-refractivity contribution in [3.05, 3.63) is 56.3 Å². The van der Waals surface area contributed by atoms with Gasteiger partial charge in [0.15, 0.2) is 0 Å². The van der Waals surface area contributed by atoms with Gasteiger partial charge in [-0.2, -0.15) is 0 Å². The molecule has 38 heavy (non-hydrogen) atoms. The second-order valence-electron chi connectivity index (χ2n) is 9.79. The zero-order chi connectivity index (χ0) is 28.9. The SMILES string of the molecule is [2H]C([2H])(CCCCCC)Oc1ccc2c(c1)S/C(=C1/Sc3cc(O[C@H](C)CCCCCC)c(Cl)cc3C1=O)C2=O. The summed E-state index contributed by atoms with van der Waals surface area (Å²) in [5.74, 6) is 0.497. The standard InChI is InChI=1S/C31H37ClO4S2/c1-4-6-8-10-12-16-35-21-14-15-22-26(17-21)37-30(28(22)33)31-29(34)23-18-24(32)25(19-27(23)38-31)36-20(3)13-11-9-7-5-2/h14-15,17-20H,4-13,16H2,1-3H3/b31-30+/t20-/m1/s1/i16D2. The van der Waals surface area contributed by atoms with E-state index in [1.54, 1.807) is 24.3 Å². The van der Waals surface area contributed by atoms with Crippen molar-refractivity contribution in [1.82, 2.24) is 0 Å². The van der Waals surface area contributed by atoms with Gasteiger partial charge in [-0.1, -0.05) is 93.9 Å². The zero-order valence-corrected chi connectivity index (χ0v) is 24.8. The van der Waals surface area contributed by atoms with E-state index in [0.717, 1.165) is 43.4 Å². The van der Waals surface area contributed by atoms with E-state index in [2.05, 4.69) is 13.8 Å². The molecule has 0 spiro atoms. The molecule has 0 aliphatic carbocycles. The molecule has 7 heteroatoms. The summed E-state index contributed by atoms with van der Waals surface area (Å²) < 4.78 is 28.2. The van der Waals surface area contributed by atoms with Gasteiger partial charge >= 0.3 is 0 Å². The molecule has 0 saturated heterocycles. The van der Waals surface area contributed by atoms with Crippen LogP contribution in [0, 0.1) is 0 Å². The highest BCUT2D eigenvalue weighted by atomic mass is 35.5. The molecule has 0 N–H and O–H groups in total. The lowest BCUT2D eigenvalue weighted by atomic mass is 10.1. The molecule has 0 amide bonds. The number of thioether (sulfide) groups is 2. The Morgan fingerprint density at radius 2 is 1.47 bits per heavy atom. The fourth-order valence-electron chi connectivity index (χ4n) is 4.47. The molecule has 2 aliphatic rings. The van der Waals surface area contributed by atoms with Crippen molar-refractivity contribution in [1.29, 1.82) is 0 Å². The minimum absolute atomic E-state index is 0.00716. The summed E-state index contributed by atoms with van der Waals surface area (Å²) in [7, 11) is 0. The van der Waals surface area contributed by atoms with E-state index in [4.69, 9.17) is 23.8 Å². The lowest BCUT2D eigenvalue weighted by Crippen LogP contribution is -2.12. The van der Waals surface area contributed by atoms with Gasteiger partial charge in [-0.15, -0.1) is 0 Å². The van der Waals surface area contributed by atoms with Crippen LogP contribution in [0.1, 0.15) is 108 Å². The minimum atomic E-state index is -1.79. The number of hydrogen-bond acceptors (Lipinski definition) is 6. The second-order valence-corrected chi connectivity index (χ2v) is 12.3. The number of allylic oxidation sites excluding steroid dienone is 2. The number of rotatable bonds is 14. The number of ether oxygens (including phenoxy) is 2. The van der Waals surface area contributed by atoms with E-state index in [-0.39, 0.29) is 17.7 Å². The highest BCUT2D eigenvalue weighted by molar-refractivity contribution is 8.08. The second kappa shape index (κ2) is 14.0. The van der Waals surface area contributed by atoms with Crippen molar-refractivity contribution in [3.63, 3.8) is 0 Å². The third-order valence-corrected chi connectivity index (χ3v) is 9.36. The average Bonchev–Trinajstić information content (AvgIpc) is 3.40.